The summed E-state index contributed by atoms with van der Waals surface area (Å²) >= 11 is 0. The fourth-order valence-corrected chi connectivity index (χ4v) is 4.90. The molecule has 0 aromatic heterocycles. The minimum Gasteiger partial charge on any atom is -0.393 e. The van der Waals surface area contributed by atoms with Gasteiger partial charge in [-0.1, -0.05) is 20.3 Å². The summed E-state index contributed by atoms with van der Waals surface area (Å²) in [4.78, 5) is 2.67. The zero-order valence-electron chi connectivity index (χ0n) is 12.7. The van der Waals surface area contributed by atoms with Gasteiger partial charge in [-0.25, -0.2) is 0 Å². The predicted octanol–water partition coefficient (Wildman–Crippen LogP) is 3.15. The van der Waals surface area contributed by atoms with Crippen molar-refractivity contribution < 1.29 is 5.11 Å². The Kier molecular flexibility index (Phi) is 4.19. The summed E-state index contributed by atoms with van der Waals surface area (Å²) in [6, 6.07) is 0. The van der Waals surface area contributed by atoms with Crippen LogP contribution < -0.4 is 0 Å². The van der Waals surface area contributed by atoms with Crippen molar-refractivity contribution in [3.8, 4) is 0 Å². The van der Waals surface area contributed by atoms with Crippen molar-refractivity contribution in [3.05, 3.63) is 0 Å². The number of rotatable bonds is 3. The van der Waals surface area contributed by atoms with E-state index < -0.39 is 0 Å². The molecule has 0 amide bonds. The SMILES string of the molecule is CC(C)C1CCC(O)C(CN2CC3CCCC3C2)C1. The number of fused-ring (bicyclic) bond motifs is 1. The van der Waals surface area contributed by atoms with Gasteiger partial charge in [-0.15, -0.1) is 0 Å². The standard InChI is InChI=1S/C17H31NO/c1-12(2)13-6-7-17(19)16(8-13)11-18-9-14-4-3-5-15(14)10-18/h12-17,19H,3-11H2,1-2H3. The quantitative estimate of drug-likeness (QED) is 0.847. The Balaban J connectivity index is 1.53. The lowest BCUT2D eigenvalue weighted by atomic mass is 9.74. The lowest BCUT2D eigenvalue weighted by molar-refractivity contribution is 0.0210. The molecule has 2 heteroatoms. The number of aliphatic hydroxyl groups is 1. The average Bonchev–Trinajstić information content (AvgIpc) is 2.92. The van der Waals surface area contributed by atoms with Gasteiger partial charge in [0.05, 0.1) is 6.10 Å². The maximum Gasteiger partial charge on any atom is 0.0580 e. The molecule has 3 fully saturated rings. The first-order valence-corrected chi connectivity index (χ1v) is 8.54. The van der Waals surface area contributed by atoms with E-state index in [0.29, 0.717) is 5.92 Å². The fraction of sp³-hybridized carbons (Fsp3) is 1.00. The first kappa shape index (κ1) is 13.9. The van der Waals surface area contributed by atoms with Crippen LogP contribution in [0.5, 0.6) is 0 Å². The molecule has 0 radical (unpaired) electrons. The second-order valence-electron chi connectivity index (χ2n) is 7.81. The van der Waals surface area contributed by atoms with Crippen molar-refractivity contribution in [1.29, 1.82) is 0 Å². The van der Waals surface area contributed by atoms with Crippen molar-refractivity contribution in [2.24, 2.45) is 29.6 Å². The van der Waals surface area contributed by atoms with Gasteiger partial charge in [0.1, 0.15) is 0 Å². The highest BCUT2D eigenvalue weighted by Gasteiger charge is 2.38. The highest BCUT2D eigenvalue weighted by Crippen LogP contribution is 2.40. The van der Waals surface area contributed by atoms with Crippen LogP contribution in [0.4, 0.5) is 0 Å². The number of hydrogen-bond acceptors (Lipinski definition) is 2. The molecule has 3 rings (SSSR count). The molecule has 3 aliphatic rings. The van der Waals surface area contributed by atoms with E-state index in [2.05, 4.69) is 18.7 Å². The largest absolute Gasteiger partial charge is 0.393 e. The van der Waals surface area contributed by atoms with Crippen LogP contribution in [0.3, 0.4) is 0 Å². The Bertz CT molecular complexity index is 292. The summed E-state index contributed by atoms with van der Waals surface area (Å²) in [5.74, 6) is 4.15. The van der Waals surface area contributed by atoms with Crippen LogP contribution in [0, 0.1) is 29.6 Å². The molecule has 1 N–H and O–H groups in total. The molecule has 0 spiro atoms. The van der Waals surface area contributed by atoms with Gasteiger partial charge in [0.2, 0.25) is 0 Å². The van der Waals surface area contributed by atoms with Crippen molar-refractivity contribution >= 4 is 0 Å². The molecule has 19 heavy (non-hydrogen) atoms. The maximum absolute atomic E-state index is 10.3. The molecular weight excluding hydrogens is 234 g/mol. The second kappa shape index (κ2) is 5.73. The first-order valence-electron chi connectivity index (χ1n) is 8.54. The summed E-state index contributed by atoms with van der Waals surface area (Å²) in [7, 11) is 0. The molecule has 1 saturated heterocycles. The van der Waals surface area contributed by atoms with Crippen LogP contribution in [-0.2, 0) is 0 Å². The normalized spacial score (nSPS) is 43.9. The van der Waals surface area contributed by atoms with Gasteiger partial charge in [-0.05, 0) is 61.7 Å². The zero-order valence-corrected chi connectivity index (χ0v) is 12.7. The molecule has 5 unspecified atom stereocenters. The molecule has 2 aliphatic carbocycles. The van der Waals surface area contributed by atoms with E-state index in [1.165, 1.54) is 45.2 Å². The number of likely N-dealkylation sites (tertiary alicyclic amines) is 1. The van der Waals surface area contributed by atoms with Crippen molar-refractivity contribution in [2.75, 3.05) is 19.6 Å². The molecule has 2 nitrogen and oxygen atoms in total. The predicted molar refractivity (Wildman–Crippen MR) is 78.9 cm³/mol. The lowest BCUT2D eigenvalue weighted by Gasteiger charge is -2.37. The van der Waals surface area contributed by atoms with Gasteiger partial charge in [0, 0.05) is 19.6 Å². The average molecular weight is 265 g/mol. The van der Waals surface area contributed by atoms with Crippen molar-refractivity contribution in [1.82, 2.24) is 4.90 Å². The Hall–Kier alpha value is -0.0800. The highest BCUT2D eigenvalue weighted by molar-refractivity contribution is 4.91. The molecular formula is C17H31NO. The Morgan fingerprint density at radius 2 is 1.74 bits per heavy atom. The molecule has 110 valence electrons. The van der Waals surface area contributed by atoms with Crippen molar-refractivity contribution in [2.45, 2.75) is 58.5 Å². The summed E-state index contributed by atoms with van der Waals surface area (Å²) in [5, 5.41) is 10.3. The summed E-state index contributed by atoms with van der Waals surface area (Å²) < 4.78 is 0. The van der Waals surface area contributed by atoms with Crippen molar-refractivity contribution in [3.63, 3.8) is 0 Å². The van der Waals surface area contributed by atoms with E-state index in [1.54, 1.807) is 0 Å². The molecule has 0 aromatic carbocycles. The van der Waals surface area contributed by atoms with E-state index in [-0.39, 0.29) is 6.10 Å². The number of aliphatic hydroxyl groups excluding tert-OH is 1. The summed E-state index contributed by atoms with van der Waals surface area (Å²) in [6.07, 6.45) is 7.88. The van der Waals surface area contributed by atoms with Gasteiger partial charge < -0.3 is 10.0 Å². The molecule has 1 heterocycles. The van der Waals surface area contributed by atoms with E-state index in [0.717, 1.165) is 36.6 Å². The third-order valence-corrected chi connectivity index (χ3v) is 6.22. The lowest BCUT2D eigenvalue weighted by Crippen LogP contribution is -2.39. The van der Waals surface area contributed by atoms with E-state index in [4.69, 9.17) is 0 Å². The second-order valence-corrected chi connectivity index (χ2v) is 7.81. The van der Waals surface area contributed by atoms with Gasteiger partial charge in [-0.2, -0.15) is 0 Å². The topological polar surface area (TPSA) is 23.5 Å². The molecule has 1 aliphatic heterocycles. The van der Waals surface area contributed by atoms with Crippen LogP contribution in [-0.4, -0.2) is 35.7 Å². The smallest absolute Gasteiger partial charge is 0.0580 e. The Morgan fingerprint density at radius 1 is 1.05 bits per heavy atom. The molecule has 5 atom stereocenters. The third kappa shape index (κ3) is 3.00. The van der Waals surface area contributed by atoms with Crippen LogP contribution >= 0.6 is 0 Å². The van der Waals surface area contributed by atoms with E-state index in [9.17, 15) is 5.11 Å². The van der Waals surface area contributed by atoms with E-state index in [1.807, 2.05) is 0 Å². The monoisotopic (exact) mass is 265 g/mol. The van der Waals surface area contributed by atoms with Gasteiger partial charge in [0.25, 0.3) is 0 Å². The molecule has 2 saturated carbocycles. The zero-order chi connectivity index (χ0) is 13.4. The first-order chi connectivity index (χ1) is 9.13. The number of nitrogens with zero attached hydrogens (tertiary/aromatic N) is 1. The van der Waals surface area contributed by atoms with Crippen LogP contribution in [0.15, 0.2) is 0 Å². The maximum atomic E-state index is 10.3. The van der Waals surface area contributed by atoms with Crippen LogP contribution in [0.1, 0.15) is 52.4 Å². The van der Waals surface area contributed by atoms with Gasteiger partial charge in [0.15, 0.2) is 0 Å². The minimum absolute atomic E-state index is 0.0320. The summed E-state index contributed by atoms with van der Waals surface area (Å²) in [5.41, 5.74) is 0. The highest BCUT2D eigenvalue weighted by atomic mass is 16.3. The van der Waals surface area contributed by atoms with Gasteiger partial charge in [-0.3, -0.25) is 0 Å². The number of hydrogen-bond donors (Lipinski definition) is 1. The van der Waals surface area contributed by atoms with Gasteiger partial charge >= 0.3 is 0 Å². The summed E-state index contributed by atoms with van der Waals surface area (Å²) in [6.45, 7) is 8.50. The Labute approximate surface area is 118 Å². The van der Waals surface area contributed by atoms with E-state index >= 15 is 0 Å². The Morgan fingerprint density at radius 3 is 2.37 bits per heavy atom. The van der Waals surface area contributed by atoms with Crippen LogP contribution in [0.25, 0.3) is 0 Å². The molecule has 0 aromatic rings. The molecule has 0 bridgehead atoms. The minimum atomic E-state index is -0.0320. The fourth-order valence-electron chi connectivity index (χ4n) is 4.90. The third-order valence-electron chi connectivity index (χ3n) is 6.22. The van der Waals surface area contributed by atoms with Crippen LogP contribution in [0.2, 0.25) is 0 Å².